The molecular weight excluding hydrogens is 322 g/mol. The molecule has 0 radical (unpaired) electrons. The first-order chi connectivity index (χ1) is 9.17. The van der Waals surface area contributed by atoms with E-state index in [4.69, 9.17) is 0 Å². The van der Waals surface area contributed by atoms with Crippen LogP contribution >= 0.6 is 27.3 Å². The van der Waals surface area contributed by atoms with Crippen molar-refractivity contribution in [2.45, 2.75) is 46.3 Å². The van der Waals surface area contributed by atoms with Crippen LogP contribution in [0.4, 0.5) is 0 Å². The van der Waals surface area contributed by atoms with Gasteiger partial charge in [-0.2, -0.15) is 5.10 Å². The summed E-state index contributed by atoms with van der Waals surface area (Å²) in [6, 6.07) is 4.64. The highest BCUT2D eigenvalue weighted by atomic mass is 79.9. The molecule has 19 heavy (non-hydrogen) atoms. The number of hydrogen-bond acceptors (Lipinski definition) is 3. The zero-order chi connectivity index (χ0) is 13.8. The van der Waals surface area contributed by atoms with Crippen LogP contribution in [0.1, 0.15) is 43.1 Å². The van der Waals surface area contributed by atoms with E-state index in [2.05, 4.69) is 69.3 Å². The number of nitrogens with zero attached hydrogens (tertiary/aromatic N) is 2. The number of aryl methyl sites for hydroxylation is 2. The summed E-state index contributed by atoms with van der Waals surface area (Å²) in [5.74, 6) is 0. The molecule has 0 amide bonds. The summed E-state index contributed by atoms with van der Waals surface area (Å²) in [7, 11) is 0. The van der Waals surface area contributed by atoms with E-state index in [0.29, 0.717) is 6.04 Å². The van der Waals surface area contributed by atoms with Crippen LogP contribution in [-0.4, -0.2) is 9.78 Å². The topological polar surface area (TPSA) is 29.9 Å². The highest BCUT2D eigenvalue weighted by Crippen LogP contribution is 2.24. The first-order valence-electron chi connectivity index (χ1n) is 6.68. The van der Waals surface area contributed by atoms with Crippen molar-refractivity contribution in [1.29, 1.82) is 0 Å². The van der Waals surface area contributed by atoms with E-state index in [1.165, 1.54) is 10.6 Å². The zero-order valence-electron chi connectivity index (χ0n) is 11.6. The highest BCUT2D eigenvalue weighted by molar-refractivity contribution is 9.10. The molecule has 0 spiro atoms. The Balaban J connectivity index is 2.08. The van der Waals surface area contributed by atoms with Crippen LogP contribution in [0.2, 0.25) is 0 Å². The molecular formula is C14H20BrN3S. The third-order valence-corrected chi connectivity index (χ3v) is 5.21. The van der Waals surface area contributed by atoms with E-state index in [1.54, 1.807) is 11.3 Å². The van der Waals surface area contributed by atoms with Crippen molar-refractivity contribution < 1.29 is 0 Å². The number of thiophene rings is 1. The molecule has 3 nitrogen and oxygen atoms in total. The molecule has 0 aliphatic heterocycles. The summed E-state index contributed by atoms with van der Waals surface area (Å²) >= 11 is 5.47. The molecule has 1 atom stereocenters. The minimum absolute atomic E-state index is 0.372. The van der Waals surface area contributed by atoms with Crippen LogP contribution in [0, 0.1) is 0 Å². The van der Waals surface area contributed by atoms with Gasteiger partial charge in [0, 0.05) is 24.0 Å². The van der Waals surface area contributed by atoms with Crippen molar-refractivity contribution in [3.05, 3.63) is 38.3 Å². The highest BCUT2D eigenvalue weighted by Gasteiger charge is 2.15. The average molecular weight is 342 g/mol. The van der Waals surface area contributed by atoms with E-state index in [1.807, 2.05) is 0 Å². The Morgan fingerprint density at radius 1 is 1.47 bits per heavy atom. The molecule has 0 bridgehead atoms. The standard InChI is InChI=1S/C14H20BrN3S/c1-4-11-14(15)12(18(5-2)17-11)9-16-10(3)13-7-6-8-19-13/h6-8,10,16H,4-5,9H2,1-3H3/t10-/m1/s1. The fraction of sp³-hybridized carbons (Fsp3) is 0.500. The normalized spacial score (nSPS) is 12.8. The molecule has 2 aromatic heterocycles. The Bertz CT molecular complexity index is 519. The van der Waals surface area contributed by atoms with Gasteiger partial charge in [-0.1, -0.05) is 13.0 Å². The summed E-state index contributed by atoms with van der Waals surface area (Å²) < 4.78 is 3.24. The maximum atomic E-state index is 4.62. The van der Waals surface area contributed by atoms with Crippen molar-refractivity contribution in [3.8, 4) is 0 Å². The van der Waals surface area contributed by atoms with Crippen molar-refractivity contribution >= 4 is 27.3 Å². The first-order valence-corrected chi connectivity index (χ1v) is 8.35. The van der Waals surface area contributed by atoms with Gasteiger partial charge < -0.3 is 5.32 Å². The van der Waals surface area contributed by atoms with Crippen molar-refractivity contribution in [2.24, 2.45) is 0 Å². The minimum Gasteiger partial charge on any atom is -0.304 e. The van der Waals surface area contributed by atoms with Gasteiger partial charge in [0.25, 0.3) is 0 Å². The Labute approximate surface area is 127 Å². The second-order valence-electron chi connectivity index (χ2n) is 4.49. The van der Waals surface area contributed by atoms with Crippen LogP contribution in [0.3, 0.4) is 0 Å². The molecule has 0 aromatic carbocycles. The smallest absolute Gasteiger partial charge is 0.0767 e. The molecule has 0 unspecified atom stereocenters. The fourth-order valence-electron chi connectivity index (χ4n) is 2.07. The summed E-state index contributed by atoms with van der Waals surface area (Å²) in [6.45, 7) is 8.21. The third-order valence-electron chi connectivity index (χ3n) is 3.24. The SMILES string of the molecule is CCc1nn(CC)c(CN[C@H](C)c2cccs2)c1Br. The molecule has 0 aliphatic carbocycles. The largest absolute Gasteiger partial charge is 0.304 e. The van der Waals surface area contributed by atoms with Crippen molar-refractivity contribution in [3.63, 3.8) is 0 Å². The van der Waals surface area contributed by atoms with E-state index >= 15 is 0 Å². The molecule has 5 heteroatoms. The van der Waals surface area contributed by atoms with Crippen LogP contribution < -0.4 is 5.32 Å². The Morgan fingerprint density at radius 3 is 2.84 bits per heavy atom. The molecule has 2 aromatic rings. The van der Waals surface area contributed by atoms with E-state index in [9.17, 15) is 0 Å². The van der Waals surface area contributed by atoms with Crippen molar-refractivity contribution in [1.82, 2.24) is 15.1 Å². The van der Waals surface area contributed by atoms with Gasteiger partial charge in [0.2, 0.25) is 0 Å². The fourth-order valence-corrected chi connectivity index (χ4v) is 3.54. The molecule has 1 N–H and O–H groups in total. The monoisotopic (exact) mass is 341 g/mol. The number of halogens is 1. The molecule has 2 rings (SSSR count). The molecule has 0 aliphatic rings. The van der Waals surface area contributed by atoms with Gasteiger partial charge >= 0.3 is 0 Å². The maximum absolute atomic E-state index is 4.62. The van der Waals surface area contributed by atoms with Gasteiger partial charge in [-0.15, -0.1) is 11.3 Å². The van der Waals surface area contributed by atoms with Crippen LogP contribution in [0.5, 0.6) is 0 Å². The second kappa shape index (κ2) is 6.68. The Kier molecular flexibility index (Phi) is 5.19. The molecule has 0 saturated heterocycles. The van der Waals surface area contributed by atoms with Crippen molar-refractivity contribution in [2.75, 3.05) is 0 Å². The van der Waals surface area contributed by atoms with Crippen LogP contribution in [0.25, 0.3) is 0 Å². The minimum atomic E-state index is 0.372. The van der Waals surface area contributed by atoms with Gasteiger partial charge in [-0.3, -0.25) is 4.68 Å². The first kappa shape index (κ1) is 14.8. The summed E-state index contributed by atoms with van der Waals surface area (Å²) in [6.07, 6.45) is 0.959. The predicted molar refractivity (Wildman–Crippen MR) is 84.6 cm³/mol. The van der Waals surface area contributed by atoms with Gasteiger partial charge in [-0.05, 0) is 47.6 Å². The lowest BCUT2D eigenvalue weighted by Crippen LogP contribution is -2.19. The lowest BCUT2D eigenvalue weighted by Gasteiger charge is -2.13. The molecule has 0 saturated carbocycles. The van der Waals surface area contributed by atoms with Crippen LogP contribution in [-0.2, 0) is 19.5 Å². The average Bonchev–Trinajstić information content (AvgIpc) is 3.04. The van der Waals surface area contributed by atoms with Gasteiger partial charge in [0.1, 0.15) is 0 Å². The number of rotatable bonds is 6. The Morgan fingerprint density at radius 2 is 2.26 bits per heavy atom. The number of nitrogens with one attached hydrogen (secondary N) is 1. The van der Waals surface area contributed by atoms with E-state index in [0.717, 1.165) is 29.7 Å². The maximum Gasteiger partial charge on any atom is 0.0767 e. The van der Waals surface area contributed by atoms with E-state index in [-0.39, 0.29) is 0 Å². The number of hydrogen-bond donors (Lipinski definition) is 1. The van der Waals surface area contributed by atoms with E-state index < -0.39 is 0 Å². The summed E-state index contributed by atoms with van der Waals surface area (Å²) in [4.78, 5) is 1.37. The molecule has 104 valence electrons. The zero-order valence-corrected chi connectivity index (χ0v) is 14.0. The summed E-state index contributed by atoms with van der Waals surface area (Å²) in [5, 5.41) is 10.3. The van der Waals surface area contributed by atoms with Gasteiger partial charge in [0.05, 0.1) is 15.9 Å². The second-order valence-corrected chi connectivity index (χ2v) is 6.27. The lowest BCUT2D eigenvalue weighted by molar-refractivity contribution is 0.534. The summed E-state index contributed by atoms with van der Waals surface area (Å²) in [5.41, 5.74) is 2.38. The number of aromatic nitrogens is 2. The van der Waals surface area contributed by atoms with Gasteiger partial charge in [-0.25, -0.2) is 0 Å². The van der Waals surface area contributed by atoms with Crippen LogP contribution in [0.15, 0.2) is 22.0 Å². The quantitative estimate of drug-likeness (QED) is 0.855. The predicted octanol–water partition coefficient (Wildman–Crippen LogP) is 4.14. The molecule has 0 fully saturated rings. The molecule has 2 heterocycles. The lowest BCUT2D eigenvalue weighted by atomic mass is 10.2. The third kappa shape index (κ3) is 3.27. The van der Waals surface area contributed by atoms with Gasteiger partial charge in [0.15, 0.2) is 0 Å². The Hall–Kier alpha value is -0.650.